The van der Waals surface area contributed by atoms with Gasteiger partial charge in [-0.25, -0.2) is 4.39 Å². The third-order valence-electron chi connectivity index (χ3n) is 4.17. The van der Waals surface area contributed by atoms with Crippen molar-refractivity contribution in [1.29, 1.82) is 0 Å². The second kappa shape index (κ2) is 6.33. The number of hydrogen-bond acceptors (Lipinski definition) is 1. The van der Waals surface area contributed by atoms with Gasteiger partial charge < -0.3 is 5.32 Å². The molecule has 0 spiro atoms. The maximum Gasteiger partial charge on any atom is 0.126 e. The Kier molecular flexibility index (Phi) is 4.76. The van der Waals surface area contributed by atoms with Crippen LogP contribution in [-0.2, 0) is 6.42 Å². The van der Waals surface area contributed by atoms with Crippen LogP contribution >= 0.6 is 0 Å². The SMILES string of the molecule is CCNC(Cc1ccccc1F)C1CCC(C)C1. The Labute approximate surface area is 110 Å². The maximum absolute atomic E-state index is 13.7. The van der Waals surface area contributed by atoms with Gasteiger partial charge in [0.2, 0.25) is 0 Å². The minimum Gasteiger partial charge on any atom is -0.314 e. The van der Waals surface area contributed by atoms with E-state index in [4.69, 9.17) is 0 Å². The van der Waals surface area contributed by atoms with Crippen LogP contribution in [0.25, 0.3) is 0 Å². The van der Waals surface area contributed by atoms with Gasteiger partial charge in [0, 0.05) is 6.04 Å². The average Bonchev–Trinajstić information content (AvgIpc) is 2.78. The lowest BCUT2D eigenvalue weighted by atomic mass is 9.91. The van der Waals surface area contributed by atoms with E-state index in [-0.39, 0.29) is 5.82 Å². The molecule has 1 aliphatic carbocycles. The largest absolute Gasteiger partial charge is 0.314 e. The van der Waals surface area contributed by atoms with Crippen LogP contribution in [0.5, 0.6) is 0 Å². The Morgan fingerprint density at radius 2 is 2.11 bits per heavy atom. The lowest BCUT2D eigenvalue weighted by Crippen LogP contribution is -2.37. The van der Waals surface area contributed by atoms with Gasteiger partial charge in [0.15, 0.2) is 0 Å². The zero-order valence-electron chi connectivity index (χ0n) is 11.5. The fourth-order valence-corrected chi connectivity index (χ4v) is 3.19. The number of halogens is 1. The molecule has 3 unspecified atom stereocenters. The van der Waals surface area contributed by atoms with Gasteiger partial charge in [0.1, 0.15) is 5.82 Å². The first-order chi connectivity index (χ1) is 8.70. The molecule has 1 N–H and O–H groups in total. The lowest BCUT2D eigenvalue weighted by Gasteiger charge is -2.25. The van der Waals surface area contributed by atoms with Crippen molar-refractivity contribution in [3.63, 3.8) is 0 Å². The van der Waals surface area contributed by atoms with Crippen molar-refractivity contribution in [3.05, 3.63) is 35.6 Å². The first kappa shape index (κ1) is 13.5. The summed E-state index contributed by atoms with van der Waals surface area (Å²) in [5, 5.41) is 3.55. The lowest BCUT2D eigenvalue weighted by molar-refractivity contribution is 0.350. The Morgan fingerprint density at radius 1 is 1.33 bits per heavy atom. The number of nitrogens with one attached hydrogen (secondary N) is 1. The van der Waals surface area contributed by atoms with Crippen LogP contribution in [0.4, 0.5) is 4.39 Å². The molecule has 1 aliphatic rings. The molecule has 1 saturated carbocycles. The fourth-order valence-electron chi connectivity index (χ4n) is 3.19. The average molecular weight is 249 g/mol. The molecule has 0 heterocycles. The van der Waals surface area contributed by atoms with E-state index < -0.39 is 0 Å². The molecule has 2 rings (SSSR count). The molecule has 1 nitrogen and oxygen atoms in total. The molecular weight excluding hydrogens is 225 g/mol. The van der Waals surface area contributed by atoms with E-state index in [1.807, 2.05) is 12.1 Å². The van der Waals surface area contributed by atoms with Crippen molar-refractivity contribution in [2.24, 2.45) is 11.8 Å². The van der Waals surface area contributed by atoms with Crippen molar-refractivity contribution >= 4 is 0 Å². The number of benzene rings is 1. The van der Waals surface area contributed by atoms with Gasteiger partial charge in [-0.2, -0.15) is 0 Å². The fraction of sp³-hybridized carbons (Fsp3) is 0.625. The van der Waals surface area contributed by atoms with Crippen molar-refractivity contribution in [2.45, 2.75) is 45.6 Å². The zero-order valence-corrected chi connectivity index (χ0v) is 11.5. The van der Waals surface area contributed by atoms with Crippen molar-refractivity contribution in [3.8, 4) is 0 Å². The molecule has 18 heavy (non-hydrogen) atoms. The monoisotopic (exact) mass is 249 g/mol. The molecule has 2 heteroatoms. The van der Waals surface area contributed by atoms with Gasteiger partial charge in [-0.15, -0.1) is 0 Å². The minimum absolute atomic E-state index is 0.0635. The van der Waals surface area contributed by atoms with E-state index in [2.05, 4.69) is 19.2 Å². The number of likely N-dealkylation sites (N-methyl/N-ethyl adjacent to an activating group) is 1. The quantitative estimate of drug-likeness (QED) is 0.837. The number of rotatable bonds is 5. The van der Waals surface area contributed by atoms with Crippen molar-refractivity contribution < 1.29 is 4.39 Å². The third kappa shape index (κ3) is 3.32. The van der Waals surface area contributed by atoms with E-state index in [0.717, 1.165) is 24.4 Å². The molecular formula is C16H24FN. The molecule has 0 radical (unpaired) electrons. The second-order valence-corrected chi connectivity index (χ2v) is 5.64. The number of hydrogen-bond donors (Lipinski definition) is 1. The van der Waals surface area contributed by atoms with Crippen LogP contribution in [0, 0.1) is 17.7 Å². The predicted molar refractivity (Wildman–Crippen MR) is 74.1 cm³/mol. The molecule has 0 saturated heterocycles. The summed E-state index contributed by atoms with van der Waals surface area (Å²) in [6.07, 6.45) is 4.71. The smallest absolute Gasteiger partial charge is 0.126 e. The summed E-state index contributed by atoms with van der Waals surface area (Å²) in [6.45, 7) is 5.42. The first-order valence-electron chi connectivity index (χ1n) is 7.17. The predicted octanol–water partition coefficient (Wildman–Crippen LogP) is 3.78. The molecule has 0 bridgehead atoms. The molecule has 0 aromatic heterocycles. The standard InChI is InChI=1S/C16H24FN/c1-3-18-16(14-9-8-12(2)10-14)11-13-6-4-5-7-15(13)17/h4-7,12,14,16,18H,3,8-11H2,1-2H3. The van der Waals surface area contributed by atoms with Crippen LogP contribution in [0.3, 0.4) is 0 Å². The molecule has 1 aromatic rings. The summed E-state index contributed by atoms with van der Waals surface area (Å²) < 4.78 is 13.7. The highest BCUT2D eigenvalue weighted by Crippen LogP contribution is 2.33. The van der Waals surface area contributed by atoms with Crippen molar-refractivity contribution in [2.75, 3.05) is 6.54 Å². The van der Waals surface area contributed by atoms with Gasteiger partial charge >= 0.3 is 0 Å². The normalized spacial score (nSPS) is 25.3. The summed E-state index contributed by atoms with van der Waals surface area (Å²) in [4.78, 5) is 0. The molecule has 100 valence electrons. The minimum atomic E-state index is -0.0635. The van der Waals surface area contributed by atoms with Crippen LogP contribution < -0.4 is 5.32 Å². The van der Waals surface area contributed by atoms with Crippen molar-refractivity contribution in [1.82, 2.24) is 5.32 Å². The highest BCUT2D eigenvalue weighted by Gasteiger charge is 2.28. The summed E-state index contributed by atoms with van der Waals surface area (Å²) in [5.74, 6) is 1.47. The van der Waals surface area contributed by atoms with Crippen LogP contribution in [-0.4, -0.2) is 12.6 Å². The van der Waals surface area contributed by atoms with E-state index in [9.17, 15) is 4.39 Å². The Balaban J connectivity index is 2.04. The highest BCUT2D eigenvalue weighted by molar-refractivity contribution is 5.18. The maximum atomic E-state index is 13.7. The molecule has 1 fully saturated rings. The van der Waals surface area contributed by atoms with Gasteiger partial charge in [0.25, 0.3) is 0 Å². The van der Waals surface area contributed by atoms with Crippen LogP contribution in [0.1, 0.15) is 38.7 Å². The highest BCUT2D eigenvalue weighted by atomic mass is 19.1. The molecule has 3 atom stereocenters. The zero-order chi connectivity index (χ0) is 13.0. The van der Waals surface area contributed by atoms with E-state index >= 15 is 0 Å². The second-order valence-electron chi connectivity index (χ2n) is 5.64. The molecule has 0 amide bonds. The van der Waals surface area contributed by atoms with Gasteiger partial charge in [-0.1, -0.05) is 38.5 Å². The van der Waals surface area contributed by atoms with Gasteiger partial charge in [-0.05, 0) is 49.3 Å². The first-order valence-corrected chi connectivity index (χ1v) is 7.17. The summed E-state index contributed by atoms with van der Waals surface area (Å²) >= 11 is 0. The summed E-state index contributed by atoms with van der Waals surface area (Å²) in [5.41, 5.74) is 0.850. The van der Waals surface area contributed by atoms with Gasteiger partial charge in [0.05, 0.1) is 0 Å². The Morgan fingerprint density at radius 3 is 2.72 bits per heavy atom. The van der Waals surface area contributed by atoms with Crippen LogP contribution in [0.15, 0.2) is 24.3 Å². The van der Waals surface area contributed by atoms with Crippen LogP contribution in [0.2, 0.25) is 0 Å². The Bertz CT molecular complexity index is 377. The van der Waals surface area contributed by atoms with E-state index in [0.29, 0.717) is 12.0 Å². The third-order valence-corrected chi connectivity index (χ3v) is 4.17. The topological polar surface area (TPSA) is 12.0 Å². The molecule has 1 aromatic carbocycles. The van der Waals surface area contributed by atoms with Gasteiger partial charge in [-0.3, -0.25) is 0 Å². The summed E-state index contributed by atoms with van der Waals surface area (Å²) in [7, 11) is 0. The van der Waals surface area contributed by atoms with E-state index in [1.165, 1.54) is 19.3 Å². The molecule has 0 aliphatic heterocycles. The Hall–Kier alpha value is -0.890. The summed E-state index contributed by atoms with van der Waals surface area (Å²) in [6, 6.07) is 7.60. The van der Waals surface area contributed by atoms with E-state index in [1.54, 1.807) is 12.1 Å².